The molecule has 0 bridgehead atoms. The highest BCUT2D eigenvalue weighted by atomic mass is 35.5. The van der Waals surface area contributed by atoms with Crippen LogP contribution in [0.1, 0.15) is 41.5 Å². The van der Waals surface area contributed by atoms with Gasteiger partial charge in [-0.1, -0.05) is 41.5 Å². The first-order chi connectivity index (χ1) is 6.28. The first-order valence-corrected chi connectivity index (χ1v) is 6.69. The fraction of sp³-hybridized carbons (Fsp3) is 1.00. The van der Waals surface area contributed by atoms with Gasteiger partial charge in [-0.2, -0.15) is 0 Å². The molecule has 0 radical (unpaired) electrons. The summed E-state index contributed by atoms with van der Waals surface area (Å²) >= 11 is 6.77. The largest absolute Gasteiger partial charge is 0.423 e. The maximum absolute atomic E-state index is 6.77. The van der Waals surface area contributed by atoms with E-state index in [9.17, 15) is 0 Å². The highest BCUT2D eigenvalue weighted by molar-refractivity contribution is 6.25. The summed E-state index contributed by atoms with van der Waals surface area (Å²) in [4.78, 5) is -0.226. The van der Waals surface area contributed by atoms with Gasteiger partial charge in [0.05, 0.1) is 11.0 Å². The van der Waals surface area contributed by atoms with Gasteiger partial charge < -0.3 is 4.43 Å². The topological polar surface area (TPSA) is 9.23 Å². The van der Waals surface area contributed by atoms with Crippen LogP contribution in [0.25, 0.3) is 0 Å². The van der Waals surface area contributed by atoms with Gasteiger partial charge in [0.1, 0.15) is 10.5 Å². The van der Waals surface area contributed by atoms with Crippen molar-refractivity contribution in [3.05, 3.63) is 0 Å². The van der Waals surface area contributed by atoms with Gasteiger partial charge in [0, 0.05) is 0 Å². The van der Waals surface area contributed by atoms with Crippen molar-refractivity contribution in [1.82, 2.24) is 0 Å². The van der Waals surface area contributed by atoms with Crippen LogP contribution in [0.5, 0.6) is 0 Å². The van der Waals surface area contributed by atoms with Gasteiger partial charge in [0.2, 0.25) is 0 Å². The summed E-state index contributed by atoms with van der Waals surface area (Å²) in [6, 6.07) is 0. The predicted octanol–water partition coefficient (Wildman–Crippen LogP) is 2.60. The SMILES string of the molecule is CC(C)C(O[SiH3])C(Cl)(C(C)C)C(C)C. The quantitative estimate of drug-likeness (QED) is 0.527. The van der Waals surface area contributed by atoms with Crippen LogP contribution in [-0.4, -0.2) is 21.5 Å². The first kappa shape index (κ1) is 14.5. The van der Waals surface area contributed by atoms with Gasteiger partial charge in [-0.25, -0.2) is 0 Å². The van der Waals surface area contributed by atoms with E-state index < -0.39 is 0 Å². The van der Waals surface area contributed by atoms with E-state index in [2.05, 4.69) is 41.5 Å². The molecule has 86 valence electrons. The number of alkyl halides is 1. The number of halogens is 1. The molecule has 0 rings (SSSR count). The Morgan fingerprint density at radius 1 is 1.00 bits per heavy atom. The molecule has 0 saturated carbocycles. The van der Waals surface area contributed by atoms with Crippen LogP contribution in [0.3, 0.4) is 0 Å². The van der Waals surface area contributed by atoms with Crippen molar-refractivity contribution in [1.29, 1.82) is 0 Å². The van der Waals surface area contributed by atoms with Crippen LogP contribution in [-0.2, 0) is 4.43 Å². The summed E-state index contributed by atoms with van der Waals surface area (Å²) in [6.07, 6.45) is 0.177. The van der Waals surface area contributed by atoms with E-state index in [0.717, 1.165) is 10.5 Å². The molecule has 0 aromatic rings. The Morgan fingerprint density at radius 2 is 1.36 bits per heavy atom. The monoisotopic (exact) mass is 236 g/mol. The van der Waals surface area contributed by atoms with E-state index in [4.69, 9.17) is 16.0 Å². The summed E-state index contributed by atoms with van der Waals surface area (Å²) in [7, 11) is 0.758. The average Bonchev–Trinajstić information content (AvgIpc) is 2.03. The Bertz CT molecular complexity index is 161. The molecule has 0 aromatic carbocycles. The molecule has 0 heterocycles. The molecule has 0 aliphatic carbocycles. The van der Waals surface area contributed by atoms with Crippen molar-refractivity contribution in [2.45, 2.75) is 52.5 Å². The smallest absolute Gasteiger partial charge is 0.146 e. The third-order valence-electron chi connectivity index (χ3n) is 3.07. The molecule has 0 spiro atoms. The molecule has 0 N–H and O–H groups in total. The standard InChI is InChI=1S/C11H25ClOSi/c1-7(2)10(13-14)11(12,8(3)4)9(5)6/h7-10H,1-6,14H3. The Balaban J connectivity index is 4.96. The molecule has 1 nitrogen and oxygen atoms in total. The van der Waals surface area contributed by atoms with E-state index >= 15 is 0 Å². The molecule has 1 unspecified atom stereocenters. The maximum atomic E-state index is 6.77. The molecule has 0 saturated heterocycles. The predicted molar refractivity (Wildman–Crippen MR) is 67.9 cm³/mol. The van der Waals surface area contributed by atoms with E-state index in [1.54, 1.807) is 0 Å². The molecular formula is C11H25ClOSi. The van der Waals surface area contributed by atoms with Crippen LogP contribution >= 0.6 is 11.6 Å². The third kappa shape index (κ3) is 2.74. The fourth-order valence-electron chi connectivity index (χ4n) is 2.29. The van der Waals surface area contributed by atoms with Crippen LogP contribution in [0.2, 0.25) is 0 Å². The molecule has 0 amide bonds. The van der Waals surface area contributed by atoms with E-state index in [1.807, 2.05) is 0 Å². The van der Waals surface area contributed by atoms with Crippen molar-refractivity contribution in [2.24, 2.45) is 17.8 Å². The van der Waals surface area contributed by atoms with Crippen LogP contribution in [0.4, 0.5) is 0 Å². The molecule has 0 fully saturated rings. The molecule has 3 heteroatoms. The van der Waals surface area contributed by atoms with Crippen LogP contribution in [0.15, 0.2) is 0 Å². The van der Waals surface area contributed by atoms with Gasteiger partial charge in [0.25, 0.3) is 0 Å². The second kappa shape index (κ2) is 5.52. The fourth-order valence-corrected chi connectivity index (χ4v) is 3.71. The Hall–Kier alpha value is 0.467. The minimum atomic E-state index is -0.226. The molecule has 0 aliphatic rings. The lowest BCUT2D eigenvalue weighted by Gasteiger charge is -2.43. The number of hydrogen-bond acceptors (Lipinski definition) is 1. The van der Waals surface area contributed by atoms with Gasteiger partial charge in [-0.05, 0) is 17.8 Å². The van der Waals surface area contributed by atoms with Crippen molar-refractivity contribution in [3.8, 4) is 0 Å². The lowest BCUT2D eigenvalue weighted by molar-refractivity contribution is 0.0668. The highest BCUT2D eigenvalue weighted by Crippen LogP contribution is 2.40. The third-order valence-corrected chi connectivity index (χ3v) is 4.66. The van der Waals surface area contributed by atoms with E-state index in [-0.39, 0.29) is 11.0 Å². The van der Waals surface area contributed by atoms with Gasteiger partial charge in [-0.15, -0.1) is 11.6 Å². The second-order valence-electron chi connectivity index (χ2n) is 5.04. The second-order valence-corrected chi connectivity index (χ2v) is 6.16. The average molecular weight is 237 g/mol. The summed E-state index contributed by atoms with van der Waals surface area (Å²) in [5.41, 5.74) is 0. The molecule has 1 atom stereocenters. The van der Waals surface area contributed by atoms with Crippen molar-refractivity contribution in [2.75, 3.05) is 0 Å². The minimum absolute atomic E-state index is 0.177. The molecule has 0 aromatic heterocycles. The summed E-state index contributed by atoms with van der Waals surface area (Å²) in [5, 5.41) is 0. The normalized spacial score (nSPS) is 15.9. The Morgan fingerprint density at radius 3 is 1.43 bits per heavy atom. The zero-order valence-corrected chi connectivity index (χ0v) is 13.4. The van der Waals surface area contributed by atoms with E-state index in [0.29, 0.717) is 17.8 Å². The van der Waals surface area contributed by atoms with E-state index in [1.165, 1.54) is 0 Å². The van der Waals surface area contributed by atoms with Crippen LogP contribution in [0, 0.1) is 17.8 Å². The highest BCUT2D eigenvalue weighted by Gasteiger charge is 2.43. The molecule has 0 aliphatic heterocycles. The van der Waals surface area contributed by atoms with Crippen molar-refractivity contribution < 1.29 is 4.43 Å². The Kier molecular flexibility index (Phi) is 5.71. The molecule has 14 heavy (non-hydrogen) atoms. The maximum Gasteiger partial charge on any atom is 0.146 e. The van der Waals surface area contributed by atoms with Gasteiger partial charge in [0.15, 0.2) is 0 Å². The number of rotatable bonds is 5. The Labute approximate surface area is 97.1 Å². The van der Waals surface area contributed by atoms with Crippen LogP contribution < -0.4 is 0 Å². The van der Waals surface area contributed by atoms with Crippen molar-refractivity contribution in [3.63, 3.8) is 0 Å². The molecular weight excluding hydrogens is 212 g/mol. The summed E-state index contributed by atoms with van der Waals surface area (Å²) in [6.45, 7) is 13.1. The van der Waals surface area contributed by atoms with Gasteiger partial charge in [-0.3, -0.25) is 0 Å². The zero-order chi connectivity index (χ0) is 11.5. The lowest BCUT2D eigenvalue weighted by Crippen LogP contribution is -2.50. The summed E-state index contributed by atoms with van der Waals surface area (Å²) in [5.74, 6) is 1.35. The first-order valence-electron chi connectivity index (χ1n) is 5.50. The minimum Gasteiger partial charge on any atom is -0.423 e. The zero-order valence-electron chi connectivity index (χ0n) is 10.6. The summed E-state index contributed by atoms with van der Waals surface area (Å²) < 4.78 is 5.71. The van der Waals surface area contributed by atoms with Gasteiger partial charge >= 0.3 is 0 Å². The number of hydrogen-bond donors (Lipinski definition) is 0. The van der Waals surface area contributed by atoms with Crippen molar-refractivity contribution >= 4 is 22.1 Å². The lowest BCUT2D eigenvalue weighted by atomic mass is 9.76.